The van der Waals surface area contributed by atoms with Gasteiger partial charge in [0.05, 0.1) is 0 Å². The molecule has 21 heavy (non-hydrogen) atoms. The summed E-state index contributed by atoms with van der Waals surface area (Å²) in [5, 5.41) is 0. The van der Waals surface area contributed by atoms with Crippen LogP contribution in [-0.2, 0) is 6.61 Å². The topological polar surface area (TPSA) is 26.3 Å². The first kappa shape index (κ1) is 17.0. The van der Waals surface area contributed by atoms with E-state index in [1.165, 1.54) is 0 Å². The Morgan fingerprint density at radius 2 is 1.62 bits per heavy atom. The maximum Gasteiger partial charge on any atom is 0.150 e. The Bertz CT molecular complexity index is 586. The van der Waals surface area contributed by atoms with Crippen molar-refractivity contribution < 1.29 is 9.53 Å². The lowest BCUT2D eigenvalue weighted by Crippen LogP contribution is -2.01. The van der Waals surface area contributed by atoms with E-state index in [1.54, 1.807) is 0 Å². The maximum atomic E-state index is 11.1. The first-order chi connectivity index (χ1) is 10.1. The van der Waals surface area contributed by atoms with Crippen LogP contribution in [0.1, 0.15) is 46.5 Å². The van der Waals surface area contributed by atoms with Crippen molar-refractivity contribution in [3.8, 4) is 5.75 Å². The number of aldehydes is 1. The lowest BCUT2D eigenvalue weighted by atomic mass is 9.98. The Labute approximate surface area is 127 Å². The first-order valence-electron chi connectivity index (χ1n) is 7.36. The van der Waals surface area contributed by atoms with E-state index >= 15 is 0 Å². The fourth-order valence-corrected chi connectivity index (χ4v) is 2.13. The molecule has 0 unspecified atom stereocenters. The highest BCUT2D eigenvalue weighted by molar-refractivity contribution is 5.81. The average Bonchev–Trinajstić information content (AvgIpc) is 2.53. The average molecular weight is 284 g/mol. The highest BCUT2D eigenvalue weighted by Gasteiger charge is 2.10. The van der Waals surface area contributed by atoms with Crippen LogP contribution in [0.5, 0.6) is 5.75 Å². The van der Waals surface area contributed by atoms with Gasteiger partial charge in [-0.15, -0.1) is 0 Å². The molecule has 0 aliphatic heterocycles. The summed E-state index contributed by atoms with van der Waals surface area (Å²) in [6.45, 7) is 10.4. The first-order valence-corrected chi connectivity index (χ1v) is 7.36. The zero-order chi connectivity index (χ0) is 15.8. The Morgan fingerprint density at radius 1 is 1.00 bits per heavy atom. The second-order valence-corrected chi connectivity index (χ2v) is 4.75. The van der Waals surface area contributed by atoms with E-state index in [4.69, 9.17) is 4.74 Å². The molecule has 0 aliphatic rings. The van der Waals surface area contributed by atoms with Crippen LogP contribution in [0.2, 0.25) is 0 Å². The van der Waals surface area contributed by atoms with Crippen LogP contribution in [0.15, 0.2) is 36.4 Å². The molecular weight excluding hydrogens is 260 g/mol. The van der Waals surface area contributed by atoms with Gasteiger partial charge in [0.15, 0.2) is 6.29 Å². The third kappa shape index (κ3) is 4.19. The van der Waals surface area contributed by atoms with Crippen LogP contribution in [-0.4, -0.2) is 6.29 Å². The summed E-state index contributed by atoms with van der Waals surface area (Å²) < 4.78 is 5.87. The van der Waals surface area contributed by atoms with Gasteiger partial charge >= 0.3 is 0 Å². The Hall–Kier alpha value is -2.09. The zero-order valence-electron chi connectivity index (χ0n) is 13.6. The smallest absolute Gasteiger partial charge is 0.150 e. The lowest BCUT2D eigenvalue weighted by molar-refractivity contribution is 0.112. The maximum absolute atomic E-state index is 11.1. The number of hydrogen-bond acceptors (Lipinski definition) is 2. The fourth-order valence-electron chi connectivity index (χ4n) is 2.13. The van der Waals surface area contributed by atoms with Crippen molar-refractivity contribution in [1.29, 1.82) is 0 Å². The van der Waals surface area contributed by atoms with Gasteiger partial charge in [-0.3, -0.25) is 4.79 Å². The number of hydrogen-bond donors (Lipinski definition) is 0. The van der Waals surface area contributed by atoms with Crippen LogP contribution in [0.3, 0.4) is 0 Å². The second-order valence-electron chi connectivity index (χ2n) is 4.75. The molecule has 0 aliphatic carbocycles. The zero-order valence-corrected chi connectivity index (χ0v) is 13.6. The molecule has 0 N–H and O–H groups in total. The second kappa shape index (κ2) is 8.25. The SMILES string of the molecule is CC.Cc1cc(OCc2ccccc2)c(C)c(C)c1C=O. The van der Waals surface area contributed by atoms with Crippen LogP contribution in [0.4, 0.5) is 0 Å². The van der Waals surface area contributed by atoms with Crippen molar-refractivity contribution in [2.75, 3.05) is 0 Å². The third-order valence-electron chi connectivity index (χ3n) is 3.46. The van der Waals surface area contributed by atoms with Crippen molar-refractivity contribution in [3.05, 3.63) is 64.2 Å². The van der Waals surface area contributed by atoms with Gasteiger partial charge < -0.3 is 4.74 Å². The molecule has 0 amide bonds. The van der Waals surface area contributed by atoms with Crippen molar-refractivity contribution in [1.82, 2.24) is 0 Å². The summed E-state index contributed by atoms with van der Waals surface area (Å²) in [6.07, 6.45) is 0.915. The van der Waals surface area contributed by atoms with Gasteiger partial charge in [0, 0.05) is 5.56 Å². The number of ether oxygens (including phenoxy) is 1. The number of carbonyl (C=O) groups is 1. The molecule has 0 aromatic heterocycles. The van der Waals surface area contributed by atoms with Crippen molar-refractivity contribution in [2.24, 2.45) is 0 Å². The van der Waals surface area contributed by atoms with E-state index in [0.29, 0.717) is 6.61 Å². The molecule has 2 aromatic rings. The van der Waals surface area contributed by atoms with E-state index in [-0.39, 0.29) is 0 Å². The summed E-state index contributed by atoms with van der Waals surface area (Å²) >= 11 is 0. The van der Waals surface area contributed by atoms with Gasteiger partial charge in [0.1, 0.15) is 12.4 Å². The van der Waals surface area contributed by atoms with Crippen molar-refractivity contribution in [3.63, 3.8) is 0 Å². The van der Waals surface area contributed by atoms with Crippen LogP contribution >= 0.6 is 0 Å². The van der Waals surface area contributed by atoms with Gasteiger partial charge in [-0.05, 0) is 49.1 Å². The molecule has 0 radical (unpaired) electrons. The minimum absolute atomic E-state index is 0.543. The molecule has 2 heteroatoms. The molecule has 0 fully saturated rings. The Kier molecular flexibility index (Phi) is 6.67. The number of carbonyl (C=O) groups excluding carboxylic acids is 1. The van der Waals surface area contributed by atoms with Gasteiger partial charge in [-0.25, -0.2) is 0 Å². The Balaban J connectivity index is 0.00000106. The van der Waals surface area contributed by atoms with Crippen LogP contribution in [0.25, 0.3) is 0 Å². The lowest BCUT2D eigenvalue weighted by Gasteiger charge is -2.14. The predicted octanol–water partition coefficient (Wildman–Crippen LogP) is 5.03. The van der Waals surface area contributed by atoms with E-state index < -0.39 is 0 Å². The minimum Gasteiger partial charge on any atom is -0.489 e. The fraction of sp³-hybridized carbons (Fsp3) is 0.316. The van der Waals surface area contributed by atoms with Crippen molar-refractivity contribution >= 4 is 6.29 Å². The molecule has 2 rings (SSSR count). The molecule has 0 atom stereocenters. The van der Waals surface area contributed by atoms with E-state index in [0.717, 1.165) is 39.9 Å². The molecular formula is C19H24O2. The summed E-state index contributed by atoms with van der Waals surface area (Å²) in [6, 6.07) is 12.0. The molecule has 112 valence electrons. The standard InChI is InChI=1S/C17H18O2.C2H6/c1-12-9-17(14(3)13(2)16(12)10-18)19-11-15-7-5-4-6-8-15;1-2/h4-10H,11H2,1-3H3;1-2H3. The quantitative estimate of drug-likeness (QED) is 0.736. The molecule has 0 heterocycles. The van der Waals surface area contributed by atoms with Gasteiger partial charge in [0.2, 0.25) is 0 Å². The molecule has 2 aromatic carbocycles. The summed E-state index contributed by atoms with van der Waals surface area (Å²) in [7, 11) is 0. The number of benzene rings is 2. The van der Waals surface area contributed by atoms with Crippen molar-refractivity contribution in [2.45, 2.75) is 41.2 Å². The molecule has 0 saturated carbocycles. The highest BCUT2D eigenvalue weighted by Crippen LogP contribution is 2.27. The predicted molar refractivity (Wildman–Crippen MR) is 88.2 cm³/mol. The monoisotopic (exact) mass is 284 g/mol. The Morgan fingerprint density at radius 3 is 2.19 bits per heavy atom. The molecule has 0 bridgehead atoms. The highest BCUT2D eigenvalue weighted by atomic mass is 16.5. The summed E-state index contributed by atoms with van der Waals surface area (Å²) in [5.74, 6) is 0.851. The van der Waals surface area contributed by atoms with Crippen LogP contribution in [0, 0.1) is 20.8 Å². The largest absolute Gasteiger partial charge is 0.489 e. The summed E-state index contributed by atoms with van der Waals surface area (Å²) in [4.78, 5) is 11.1. The van der Waals surface area contributed by atoms with Gasteiger partial charge in [-0.1, -0.05) is 44.2 Å². The number of aryl methyl sites for hydroxylation is 1. The van der Waals surface area contributed by atoms with Gasteiger partial charge in [-0.2, -0.15) is 0 Å². The van der Waals surface area contributed by atoms with E-state index in [2.05, 4.69) is 0 Å². The third-order valence-corrected chi connectivity index (χ3v) is 3.46. The van der Waals surface area contributed by atoms with Gasteiger partial charge in [0.25, 0.3) is 0 Å². The molecule has 2 nitrogen and oxygen atoms in total. The summed E-state index contributed by atoms with van der Waals surface area (Å²) in [5.41, 5.74) is 4.89. The van der Waals surface area contributed by atoms with E-state index in [1.807, 2.05) is 71.0 Å². The van der Waals surface area contributed by atoms with Crippen LogP contribution < -0.4 is 4.74 Å². The normalized spacial score (nSPS) is 9.57. The minimum atomic E-state index is 0.543. The molecule has 0 spiro atoms. The number of rotatable bonds is 4. The molecule has 0 saturated heterocycles. The van der Waals surface area contributed by atoms with E-state index in [9.17, 15) is 4.79 Å².